The molecule has 0 radical (unpaired) electrons. The topological polar surface area (TPSA) is 95.9 Å². The van der Waals surface area contributed by atoms with Gasteiger partial charge in [-0.15, -0.1) is 0 Å². The summed E-state index contributed by atoms with van der Waals surface area (Å²) in [5.41, 5.74) is 1.19. The number of carbonyl (C=O) groups excluding carboxylic acids is 2. The number of anilines is 1. The number of nitrogens with one attached hydrogen (secondary N) is 1. The Balaban J connectivity index is 1.78. The summed E-state index contributed by atoms with van der Waals surface area (Å²) in [5.74, 6) is -1.20. The van der Waals surface area contributed by atoms with E-state index in [0.29, 0.717) is 42.1 Å². The van der Waals surface area contributed by atoms with E-state index in [1.807, 2.05) is 6.92 Å². The van der Waals surface area contributed by atoms with Gasteiger partial charge in [0.15, 0.2) is 0 Å². The van der Waals surface area contributed by atoms with Crippen LogP contribution in [0.25, 0.3) is 0 Å². The number of amides is 2. The Morgan fingerprint density at radius 3 is 2.69 bits per heavy atom. The number of hydrogen-bond donors (Lipinski definition) is 2. The molecule has 1 atom stereocenters. The molecular formula is C22H24N2O5. The first kappa shape index (κ1) is 20.4. The van der Waals surface area contributed by atoms with Crippen molar-refractivity contribution in [2.45, 2.75) is 32.2 Å². The van der Waals surface area contributed by atoms with Gasteiger partial charge in [-0.1, -0.05) is 18.2 Å². The number of carbonyl (C=O) groups is 3. The van der Waals surface area contributed by atoms with Crippen molar-refractivity contribution in [2.24, 2.45) is 0 Å². The highest BCUT2D eigenvalue weighted by atomic mass is 16.5. The van der Waals surface area contributed by atoms with Crippen molar-refractivity contribution in [3.63, 3.8) is 0 Å². The van der Waals surface area contributed by atoms with Crippen LogP contribution in [0.3, 0.4) is 0 Å². The van der Waals surface area contributed by atoms with E-state index in [-0.39, 0.29) is 11.8 Å². The van der Waals surface area contributed by atoms with E-state index in [0.717, 1.165) is 12.8 Å². The molecule has 2 aromatic rings. The number of carboxylic acid groups (broad SMARTS) is 1. The van der Waals surface area contributed by atoms with Gasteiger partial charge in [-0.25, -0.2) is 4.79 Å². The lowest BCUT2D eigenvalue weighted by Gasteiger charge is -2.33. The quantitative estimate of drug-likeness (QED) is 0.780. The maximum Gasteiger partial charge on any atom is 0.326 e. The van der Waals surface area contributed by atoms with E-state index < -0.39 is 12.0 Å². The molecule has 0 spiro atoms. The summed E-state index contributed by atoms with van der Waals surface area (Å²) < 4.78 is 5.49. The maximum atomic E-state index is 12.9. The van der Waals surface area contributed by atoms with Crippen molar-refractivity contribution in [1.82, 2.24) is 4.90 Å². The van der Waals surface area contributed by atoms with E-state index in [1.54, 1.807) is 48.5 Å². The number of nitrogens with zero attached hydrogens (tertiary/aromatic N) is 1. The highest BCUT2D eigenvalue weighted by molar-refractivity contribution is 6.07. The van der Waals surface area contributed by atoms with Gasteiger partial charge in [0.2, 0.25) is 0 Å². The van der Waals surface area contributed by atoms with E-state index in [2.05, 4.69) is 5.32 Å². The Bertz CT molecular complexity index is 912. The lowest BCUT2D eigenvalue weighted by molar-refractivity contribution is -0.143. The van der Waals surface area contributed by atoms with E-state index in [9.17, 15) is 19.5 Å². The minimum atomic E-state index is -0.991. The fourth-order valence-electron chi connectivity index (χ4n) is 3.46. The predicted molar refractivity (Wildman–Crippen MR) is 108 cm³/mol. The number of likely N-dealkylation sites (tertiary alicyclic amines) is 1. The Labute approximate surface area is 169 Å². The third kappa shape index (κ3) is 4.74. The number of aliphatic carboxylic acids is 1. The van der Waals surface area contributed by atoms with Crippen LogP contribution in [0.5, 0.6) is 5.75 Å². The molecule has 29 heavy (non-hydrogen) atoms. The van der Waals surface area contributed by atoms with Crippen molar-refractivity contribution in [2.75, 3.05) is 18.5 Å². The van der Waals surface area contributed by atoms with Crippen LogP contribution in [-0.4, -0.2) is 47.0 Å². The van der Waals surface area contributed by atoms with E-state index >= 15 is 0 Å². The molecule has 1 aliphatic heterocycles. The molecule has 1 fully saturated rings. The standard InChI is InChI=1S/C22H24N2O5/c1-2-29-19-12-4-3-10-17(19)20(25)23-16-9-7-8-15(14-16)21(26)24-13-6-5-11-18(24)22(27)28/h3-4,7-10,12,14,18H,2,5-6,11,13H2,1H3,(H,23,25)(H,27,28). The normalized spacial score (nSPS) is 16.2. The van der Waals surface area contributed by atoms with Gasteiger partial charge in [0, 0.05) is 17.8 Å². The second-order valence-corrected chi connectivity index (χ2v) is 6.81. The van der Waals surface area contributed by atoms with Crippen LogP contribution in [0.15, 0.2) is 48.5 Å². The zero-order valence-electron chi connectivity index (χ0n) is 16.3. The van der Waals surface area contributed by atoms with Gasteiger partial charge < -0.3 is 20.1 Å². The summed E-state index contributed by atoms with van der Waals surface area (Å²) in [4.78, 5) is 38.5. The van der Waals surface area contributed by atoms with Crippen LogP contribution in [0.2, 0.25) is 0 Å². The highest BCUT2D eigenvalue weighted by Crippen LogP contribution is 2.23. The van der Waals surface area contributed by atoms with Crippen LogP contribution in [0, 0.1) is 0 Å². The number of rotatable bonds is 6. The maximum absolute atomic E-state index is 12.9. The van der Waals surface area contributed by atoms with Gasteiger partial charge >= 0.3 is 5.97 Å². The summed E-state index contributed by atoms with van der Waals surface area (Å²) in [6.45, 7) is 2.69. The van der Waals surface area contributed by atoms with E-state index in [4.69, 9.17) is 4.74 Å². The van der Waals surface area contributed by atoms with Crippen molar-refractivity contribution in [1.29, 1.82) is 0 Å². The van der Waals surface area contributed by atoms with Gasteiger partial charge in [-0.3, -0.25) is 9.59 Å². The molecule has 2 amide bonds. The van der Waals surface area contributed by atoms with Gasteiger partial charge in [0.1, 0.15) is 11.8 Å². The third-order valence-electron chi connectivity index (χ3n) is 4.85. The lowest BCUT2D eigenvalue weighted by Crippen LogP contribution is -2.48. The van der Waals surface area contributed by atoms with Crippen LogP contribution in [0.1, 0.15) is 46.9 Å². The highest BCUT2D eigenvalue weighted by Gasteiger charge is 2.32. The molecule has 7 nitrogen and oxygen atoms in total. The first-order valence-corrected chi connectivity index (χ1v) is 9.68. The van der Waals surface area contributed by atoms with Crippen LogP contribution in [-0.2, 0) is 4.79 Å². The zero-order valence-corrected chi connectivity index (χ0v) is 16.3. The van der Waals surface area contributed by atoms with Gasteiger partial charge in [0.05, 0.1) is 12.2 Å². The number of benzene rings is 2. The molecule has 1 unspecified atom stereocenters. The summed E-state index contributed by atoms with van der Waals surface area (Å²) in [7, 11) is 0. The van der Waals surface area contributed by atoms with Crippen molar-refractivity contribution in [3.05, 3.63) is 59.7 Å². The first-order chi connectivity index (χ1) is 14.0. The average Bonchev–Trinajstić information content (AvgIpc) is 2.74. The molecule has 1 aliphatic rings. The molecule has 1 saturated heterocycles. The molecule has 152 valence electrons. The van der Waals surface area contributed by atoms with Gasteiger partial charge in [-0.2, -0.15) is 0 Å². The minimum absolute atomic E-state index is 0.342. The monoisotopic (exact) mass is 396 g/mol. The molecule has 0 aromatic heterocycles. The summed E-state index contributed by atoms with van der Waals surface area (Å²) in [5, 5.41) is 12.2. The Kier molecular flexibility index (Phi) is 6.49. The van der Waals surface area contributed by atoms with Crippen molar-refractivity contribution in [3.8, 4) is 5.75 Å². The molecule has 2 aromatic carbocycles. The summed E-state index contributed by atoms with van der Waals surface area (Å²) >= 11 is 0. The van der Waals surface area contributed by atoms with Crippen LogP contribution in [0.4, 0.5) is 5.69 Å². The zero-order chi connectivity index (χ0) is 20.8. The molecule has 1 heterocycles. The van der Waals surface area contributed by atoms with Crippen LogP contribution < -0.4 is 10.1 Å². The molecule has 7 heteroatoms. The number of hydrogen-bond acceptors (Lipinski definition) is 4. The van der Waals surface area contributed by atoms with E-state index in [1.165, 1.54) is 4.90 Å². The number of piperidine rings is 1. The number of ether oxygens (including phenoxy) is 1. The molecule has 2 N–H and O–H groups in total. The molecule has 3 rings (SSSR count). The minimum Gasteiger partial charge on any atom is -0.493 e. The van der Waals surface area contributed by atoms with Gasteiger partial charge in [0.25, 0.3) is 11.8 Å². The summed E-state index contributed by atoms with van der Waals surface area (Å²) in [6, 6.07) is 12.7. The largest absolute Gasteiger partial charge is 0.493 e. The van der Waals surface area contributed by atoms with Crippen LogP contribution >= 0.6 is 0 Å². The Morgan fingerprint density at radius 2 is 1.93 bits per heavy atom. The smallest absolute Gasteiger partial charge is 0.326 e. The number of carboxylic acids is 1. The predicted octanol–water partition coefficient (Wildman–Crippen LogP) is 3.42. The fraction of sp³-hybridized carbons (Fsp3) is 0.318. The Morgan fingerprint density at radius 1 is 1.14 bits per heavy atom. The number of para-hydroxylation sites is 1. The molecule has 0 saturated carbocycles. The second-order valence-electron chi connectivity index (χ2n) is 6.81. The molecule has 0 aliphatic carbocycles. The second kappa shape index (κ2) is 9.23. The first-order valence-electron chi connectivity index (χ1n) is 9.68. The van der Waals surface area contributed by atoms with Gasteiger partial charge in [-0.05, 0) is 56.5 Å². The summed E-state index contributed by atoms with van der Waals surface area (Å²) in [6.07, 6.45) is 2.02. The van der Waals surface area contributed by atoms with Crippen molar-refractivity contribution >= 4 is 23.5 Å². The molecule has 0 bridgehead atoms. The average molecular weight is 396 g/mol. The molecular weight excluding hydrogens is 372 g/mol. The lowest BCUT2D eigenvalue weighted by atomic mass is 10.0. The van der Waals surface area contributed by atoms with Crippen molar-refractivity contribution < 1.29 is 24.2 Å². The Hall–Kier alpha value is -3.35. The third-order valence-corrected chi connectivity index (χ3v) is 4.85. The SMILES string of the molecule is CCOc1ccccc1C(=O)Nc1cccc(C(=O)N2CCCCC2C(=O)O)c1. The fourth-order valence-corrected chi connectivity index (χ4v) is 3.46.